The summed E-state index contributed by atoms with van der Waals surface area (Å²) >= 11 is 0. The van der Waals surface area contributed by atoms with Crippen LogP contribution in [-0.4, -0.2) is 44.2 Å². The molecule has 0 spiro atoms. The van der Waals surface area contributed by atoms with E-state index in [4.69, 9.17) is 0 Å². The van der Waals surface area contributed by atoms with Crippen LogP contribution in [0, 0.1) is 5.92 Å². The van der Waals surface area contributed by atoms with E-state index >= 15 is 0 Å². The number of hydrogen-bond donors (Lipinski definition) is 2. The second-order valence-corrected chi connectivity index (χ2v) is 4.53. The first-order valence-corrected chi connectivity index (χ1v) is 5.83. The molecule has 0 radical (unpaired) electrons. The minimum absolute atomic E-state index is 0.265. The Kier molecular flexibility index (Phi) is 2.44. The molecule has 2 unspecified atom stereocenters. The van der Waals surface area contributed by atoms with Crippen LogP contribution in [-0.2, 0) is 0 Å². The van der Waals surface area contributed by atoms with Crippen molar-refractivity contribution in [3.05, 3.63) is 12.7 Å². The predicted molar refractivity (Wildman–Crippen MR) is 63.7 cm³/mol. The van der Waals surface area contributed by atoms with Crippen LogP contribution in [0.4, 0.5) is 5.82 Å². The summed E-state index contributed by atoms with van der Waals surface area (Å²) in [5, 5.41) is 9.61. The predicted octanol–water partition coefficient (Wildman–Crippen LogP) is 0.560. The van der Waals surface area contributed by atoms with Crippen LogP contribution in [0.1, 0.15) is 13.3 Å². The van der Waals surface area contributed by atoms with Gasteiger partial charge in [-0.2, -0.15) is 0 Å². The van der Waals surface area contributed by atoms with E-state index in [1.54, 1.807) is 6.33 Å². The smallest absolute Gasteiger partial charge is 0.182 e. The number of nitrogens with zero attached hydrogens (tertiary/aromatic N) is 4. The number of nitrogens with one attached hydrogen (secondary N) is 1. The molecule has 0 aliphatic carbocycles. The zero-order valence-electron chi connectivity index (χ0n) is 9.67. The van der Waals surface area contributed by atoms with Crippen molar-refractivity contribution in [2.45, 2.75) is 19.4 Å². The van der Waals surface area contributed by atoms with Crippen LogP contribution < -0.4 is 4.90 Å². The molecule has 2 aromatic rings. The number of aromatic amines is 1. The van der Waals surface area contributed by atoms with Gasteiger partial charge >= 0.3 is 0 Å². The van der Waals surface area contributed by atoms with Gasteiger partial charge in [0.1, 0.15) is 11.8 Å². The molecule has 0 aromatic carbocycles. The third kappa shape index (κ3) is 1.74. The molecule has 0 saturated carbocycles. The van der Waals surface area contributed by atoms with Gasteiger partial charge in [0, 0.05) is 19.0 Å². The monoisotopic (exact) mass is 233 g/mol. The molecule has 1 saturated heterocycles. The van der Waals surface area contributed by atoms with Gasteiger partial charge in [-0.1, -0.05) is 0 Å². The first-order chi connectivity index (χ1) is 8.25. The van der Waals surface area contributed by atoms with Gasteiger partial charge in [0.05, 0.1) is 12.4 Å². The van der Waals surface area contributed by atoms with E-state index in [2.05, 4.69) is 24.8 Å². The van der Waals surface area contributed by atoms with Crippen molar-refractivity contribution in [1.82, 2.24) is 19.9 Å². The van der Waals surface area contributed by atoms with Crippen LogP contribution in [0.25, 0.3) is 11.2 Å². The molecule has 2 N–H and O–H groups in total. The number of aliphatic hydroxyl groups excluding tert-OH is 1. The molecule has 2 aromatic heterocycles. The van der Waals surface area contributed by atoms with Crippen molar-refractivity contribution in [3.8, 4) is 0 Å². The number of aromatic nitrogens is 4. The van der Waals surface area contributed by atoms with Crippen LogP contribution in [0.3, 0.4) is 0 Å². The summed E-state index contributed by atoms with van der Waals surface area (Å²) in [5.74, 6) is 1.21. The Labute approximate surface area is 98.7 Å². The highest BCUT2D eigenvalue weighted by Crippen LogP contribution is 2.27. The Bertz CT molecular complexity index is 523. The summed E-state index contributed by atoms with van der Waals surface area (Å²) in [6.45, 7) is 3.60. The largest absolute Gasteiger partial charge is 0.393 e. The van der Waals surface area contributed by atoms with E-state index in [0.29, 0.717) is 11.6 Å². The van der Waals surface area contributed by atoms with Gasteiger partial charge in [-0.3, -0.25) is 0 Å². The number of H-pyrrole nitrogens is 1. The highest BCUT2D eigenvalue weighted by Gasteiger charge is 2.28. The zero-order valence-corrected chi connectivity index (χ0v) is 9.67. The Hall–Kier alpha value is -1.69. The molecule has 2 atom stereocenters. The molecular weight excluding hydrogens is 218 g/mol. The average molecular weight is 233 g/mol. The lowest BCUT2D eigenvalue weighted by Gasteiger charge is -2.18. The van der Waals surface area contributed by atoms with E-state index in [0.717, 1.165) is 30.8 Å². The molecule has 0 bridgehead atoms. The number of fused-ring (bicyclic) bond motifs is 1. The molecule has 6 heteroatoms. The Morgan fingerprint density at radius 3 is 3.12 bits per heavy atom. The van der Waals surface area contributed by atoms with Crippen LogP contribution >= 0.6 is 0 Å². The van der Waals surface area contributed by atoms with Gasteiger partial charge in [-0.15, -0.1) is 0 Å². The Balaban J connectivity index is 1.92. The summed E-state index contributed by atoms with van der Waals surface area (Å²) in [4.78, 5) is 17.8. The second kappa shape index (κ2) is 3.96. The lowest BCUT2D eigenvalue weighted by Crippen LogP contribution is -2.24. The van der Waals surface area contributed by atoms with E-state index < -0.39 is 0 Å². The van der Waals surface area contributed by atoms with Gasteiger partial charge in [0.2, 0.25) is 0 Å². The number of anilines is 1. The maximum absolute atomic E-state index is 9.61. The second-order valence-electron chi connectivity index (χ2n) is 4.53. The number of imidazole rings is 1. The molecule has 1 aliphatic heterocycles. The molecule has 6 nitrogen and oxygen atoms in total. The number of rotatable bonds is 2. The summed E-state index contributed by atoms with van der Waals surface area (Å²) in [7, 11) is 0. The minimum atomic E-state index is -0.265. The van der Waals surface area contributed by atoms with Crippen molar-refractivity contribution in [3.63, 3.8) is 0 Å². The van der Waals surface area contributed by atoms with Crippen molar-refractivity contribution in [2.75, 3.05) is 18.0 Å². The van der Waals surface area contributed by atoms with Gasteiger partial charge < -0.3 is 15.0 Å². The third-order valence-electron chi connectivity index (χ3n) is 3.41. The van der Waals surface area contributed by atoms with E-state index in [1.807, 2.05) is 6.92 Å². The normalized spacial score (nSPS) is 22.2. The molecular formula is C11H15N5O. The molecule has 0 amide bonds. The van der Waals surface area contributed by atoms with Crippen molar-refractivity contribution in [1.29, 1.82) is 0 Å². The quantitative estimate of drug-likeness (QED) is 0.792. The van der Waals surface area contributed by atoms with E-state index in [9.17, 15) is 5.11 Å². The van der Waals surface area contributed by atoms with Crippen molar-refractivity contribution >= 4 is 17.0 Å². The summed E-state index contributed by atoms with van der Waals surface area (Å²) in [6, 6.07) is 0. The summed E-state index contributed by atoms with van der Waals surface area (Å²) in [6.07, 6.45) is 3.90. The maximum atomic E-state index is 9.61. The summed E-state index contributed by atoms with van der Waals surface area (Å²) in [5.41, 5.74) is 1.56. The lowest BCUT2D eigenvalue weighted by molar-refractivity contribution is 0.136. The van der Waals surface area contributed by atoms with E-state index in [-0.39, 0.29) is 6.10 Å². The molecule has 3 rings (SSSR count). The lowest BCUT2D eigenvalue weighted by atomic mass is 10.0. The molecule has 17 heavy (non-hydrogen) atoms. The fourth-order valence-corrected chi connectivity index (χ4v) is 2.37. The fraction of sp³-hybridized carbons (Fsp3) is 0.545. The van der Waals surface area contributed by atoms with Crippen molar-refractivity contribution < 1.29 is 5.11 Å². The van der Waals surface area contributed by atoms with Crippen LogP contribution in [0.15, 0.2) is 12.7 Å². The fourth-order valence-electron chi connectivity index (χ4n) is 2.37. The highest BCUT2D eigenvalue weighted by molar-refractivity contribution is 5.82. The third-order valence-corrected chi connectivity index (χ3v) is 3.41. The maximum Gasteiger partial charge on any atom is 0.182 e. The molecule has 3 heterocycles. The number of aliphatic hydroxyl groups is 1. The van der Waals surface area contributed by atoms with Gasteiger partial charge in [-0.25, -0.2) is 15.0 Å². The molecule has 1 aliphatic rings. The van der Waals surface area contributed by atoms with E-state index in [1.165, 1.54) is 6.33 Å². The van der Waals surface area contributed by atoms with Crippen molar-refractivity contribution in [2.24, 2.45) is 5.92 Å². The minimum Gasteiger partial charge on any atom is -0.393 e. The Morgan fingerprint density at radius 2 is 2.35 bits per heavy atom. The molecule has 1 fully saturated rings. The Morgan fingerprint density at radius 1 is 1.47 bits per heavy atom. The highest BCUT2D eigenvalue weighted by atomic mass is 16.3. The van der Waals surface area contributed by atoms with Crippen LogP contribution in [0.2, 0.25) is 0 Å². The first kappa shape index (κ1) is 10.5. The van der Waals surface area contributed by atoms with Gasteiger partial charge in [-0.05, 0) is 13.3 Å². The topological polar surface area (TPSA) is 77.9 Å². The van der Waals surface area contributed by atoms with Gasteiger partial charge in [0.15, 0.2) is 11.5 Å². The zero-order chi connectivity index (χ0) is 11.8. The standard InChI is InChI=1S/C11H15N5O/c1-7(17)8-2-3-16(4-8)11-9-10(13-5-12-9)14-6-15-11/h5-8,17H,2-4H2,1H3,(H,12,13,14,15). The van der Waals surface area contributed by atoms with Crippen LogP contribution in [0.5, 0.6) is 0 Å². The summed E-state index contributed by atoms with van der Waals surface area (Å²) < 4.78 is 0. The average Bonchev–Trinajstić information content (AvgIpc) is 2.97. The number of hydrogen-bond acceptors (Lipinski definition) is 5. The van der Waals surface area contributed by atoms with Gasteiger partial charge in [0.25, 0.3) is 0 Å². The SMILES string of the molecule is CC(O)C1CCN(c2ncnc3nc[nH]c23)C1. The molecule has 90 valence electrons. The first-order valence-electron chi connectivity index (χ1n) is 5.83.